The Labute approximate surface area is 188 Å². The third kappa shape index (κ3) is 3.87. The molecule has 1 aliphatic rings. The van der Waals surface area contributed by atoms with Crippen LogP contribution in [0.15, 0.2) is 89.1 Å². The summed E-state index contributed by atoms with van der Waals surface area (Å²) in [7, 11) is 0. The number of rotatable bonds is 4. The Bertz CT molecular complexity index is 1370. The van der Waals surface area contributed by atoms with Crippen LogP contribution in [0.25, 0.3) is 17.0 Å². The lowest BCUT2D eigenvalue weighted by molar-refractivity contribution is 0.244. The van der Waals surface area contributed by atoms with Gasteiger partial charge in [-0.15, -0.1) is 0 Å². The minimum atomic E-state index is -0.748. The Morgan fingerprint density at radius 3 is 2.39 bits per heavy atom. The lowest BCUT2D eigenvalue weighted by atomic mass is 9.94. The first-order valence-corrected chi connectivity index (χ1v) is 10.2. The van der Waals surface area contributed by atoms with E-state index in [0.29, 0.717) is 28.3 Å². The minimum Gasteiger partial charge on any atom is -0.334 e. The molecule has 1 atom stereocenters. The SMILES string of the molecule is CC1=C(c2nc(-c3ccccc3)no2)C(c2cccc(F)c2)NC(=O)N1c1cccc(F)c1. The maximum atomic E-state index is 14.0. The average molecular weight is 444 g/mol. The van der Waals surface area contributed by atoms with E-state index in [1.807, 2.05) is 30.3 Å². The van der Waals surface area contributed by atoms with Crippen molar-refractivity contribution in [3.8, 4) is 11.4 Å². The number of benzene rings is 3. The van der Waals surface area contributed by atoms with E-state index in [4.69, 9.17) is 4.52 Å². The van der Waals surface area contributed by atoms with Crippen molar-refractivity contribution in [1.82, 2.24) is 15.5 Å². The topological polar surface area (TPSA) is 71.3 Å². The first kappa shape index (κ1) is 20.6. The molecule has 0 aliphatic carbocycles. The van der Waals surface area contributed by atoms with Gasteiger partial charge in [-0.2, -0.15) is 4.98 Å². The van der Waals surface area contributed by atoms with E-state index >= 15 is 0 Å². The number of hydrogen-bond acceptors (Lipinski definition) is 4. The molecule has 164 valence electrons. The van der Waals surface area contributed by atoms with Gasteiger partial charge in [0.15, 0.2) is 0 Å². The Morgan fingerprint density at radius 1 is 0.939 bits per heavy atom. The molecule has 0 radical (unpaired) electrons. The monoisotopic (exact) mass is 444 g/mol. The van der Waals surface area contributed by atoms with Crippen molar-refractivity contribution in [2.75, 3.05) is 4.90 Å². The predicted octanol–water partition coefficient (Wildman–Crippen LogP) is 5.72. The van der Waals surface area contributed by atoms with E-state index in [1.54, 1.807) is 25.1 Å². The van der Waals surface area contributed by atoms with Gasteiger partial charge < -0.3 is 9.84 Å². The molecule has 2 heterocycles. The van der Waals surface area contributed by atoms with Crippen molar-refractivity contribution in [3.63, 3.8) is 0 Å². The van der Waals surface area contributed by atoms with Crippen LogP contribution in [0.5, 0.6) is 0 Å². The van der Waals surface area contributed by atoms with E-state index in [9.17, 15) is 13.6 Å². The molecule has 1 unspecified atom stereocenters. The number of allylic oxidation sites excluding steroid dienone is 1. The lowest BCUT2D eigenvalue weighted by Crippen LogP contribution is -2.46. The molecule has 0 saturated carbocycles. The Balaban J connectivity index is 1.67. The molecule has 2 amide bonds. The van der Waals surface area contributed by atoms with Gasteiger partial charge in [-0.05, 0) is 42.8 Å². The lowest BCUT2D eigenvalue weighted by Gasteiger charge is -2.35. The van der Waals surface area contributed by atoms with Crippen molar-refractivity contribution < 1.29 is 18.1 Å². The maximum Gasteiger partial charge on any atom is 0.327 e. The van der Waals surface area contributed by atoms with Gasteiger partial charge in [0.25, 0.3) is 5.89 Å². The molecule has 5 rings (SSSR count). The van der Waals surface area contributed by atoms with Crippen molar-refractivity contribution in [2.45, 2.75) is 13.0 Å². The Hall–Kier alpha value is -4.33. The smallest absolute Gasteiger partial charge is 0.327 e. The van der Waals surface area contributed by atoms with Gasteiger partial charge in [-0.25, -0.2) is 13.6 Å². The zero-order chi connectivity index (χ0) is 22.9. The fourth-order valence-electron chi connectivity index (χ4n) is 3.92. The van der Waals surface area contributed by atoms with E-state index < -0.39 is 23.7 Å². The normalized spacial score (nSPS) is 16.2. The van der Waals surface area contributed by atoms with Gasteiger partial charge in [0, 0.05) is 11.3 Å². The molecule has 4 aromatic rings. The fourth-order valence-corrected chi connectivity index (χ4v) is 3.92. The van der Waals surface area contributed by atoms with Crippen LogP contribution in [0, 0.1) is 11.6 Å². The van der Waals surface area contributed by atoms with Crippen molar-refractivity contribution in [3.05, 3.63) is 108 Å². The van der Waals surface area contributed by atoms with Crippen LogP contribution < -0.4 is 10.2 Å². The number of nitrogens with zero attached hydrogens (tertiary/aromatic N) is 3. The van der Waals surface area contributed by atoms with Crippen LogP contribution in [0.4, 0.5) is 19.3 Å². The highest BCUT2D eigenvalue weighted by molar-refractivity contribution is 6.01. The van der Waals surface area contributed by atoms with Crippen LogP contribution >= 0.6 is 0 Å². The van der Waals surface area contributed by atoms with Gasteiger partial charge >= 0.3 is 6.03 Å². The van der Waals surface area contributed by atoms with E-state index in [1.165, 1.54) is 35.2 Å². The number of aromatic nitrogens is 2. The molecule has 33 heavy (non-hydrogen) atoms. The van der Waals surface area contributed by atoms with Crippen LogP contribution in [0.3, 0.4) is 0 Å². The number of anilines is 1. The summed E-state index contributed by atoms with van der Waals surface area (Å²) in [6.07, 6.45) is 0. The molecule has 0 fully saturated rings. The molecular weight excluding hydrogens is 426 g/mol. The minimum absolute atomic E-state index is 0.169. The van der Waals surface area contributed by atoms with Crippen molar-refractivity contribution in [1.29, 1.82) is 0 Å². The second-order valence-electron chi connectivity index (χ2n) is 7.54. The number of nitrogens with one attached hydrogen (secondary N) is 1. The highest BCUT2D eigenvalue weighted by atomic mass is 19.1. The van der Waals surface area contributed by atoms with Gasteiger partial charge in [0.2, 0.25) is 5.82 Å². The molecule has 0 saturated heterocycles. The maximum absolute atomic E-state index is 14.0. The first-order valence-electron chi connectivity index (χ1n) is 10.2. The fraction of sp³-hybridized carbons (Fsp3) is 0.0800. The van der Waals surface area contributed by atoms with Crippen LogP contribution in [-0.4, -0.2) is 16.2 Å². The van der Waals surface area contributed by atoms with Crippen LogP contribution in [0.2, 0.25) is 0 Å². The first-order chi connectivity index (χ1) is 16.0. The molecular formula is C25H18F2N4O2. The second-order valence-corrected chi connectivity index (χ2v) is 7.54. The van der Waals surface area contributed by atoms with Gasteiger partial charge in [-0.1, -0.05) is 53.7 Å². The van der Waals surface area contributed by atoms with E-state index in [0.717, 1.165) is 5.56 Å². The number of urea groups is 1. The van der Waals surface area contributed by atoms with Crippen LogP contribution in [-0.2, 0) is 0 Å². The zero-order valence-corrected chi connectivity index (χ0v) is 17.5. The molecule has 0 spiro atoms. The van der Waals surface area contributed by atoms with E-state index in [-0.39, 0.29) is 5.89 Å². The third-order valence-corrected chi connectivity index (χ3v) is 5.42. The second kappa shape index (κ2) is 8.31. The molecule has 1 aliphatic heterocycles. The summed E-state index contributed by atoms with van der Waals surface area (Å²) in [5, 5.41) is 6.96. The van der Waals surface area contributed by atoms with Crippen LogP contribution in [0.1, 0.15) is 24.4 Å². The number of carbonyl (C=O) groups excluding carboxylic acids is 1. The molecule has 0 bridgehead atoms. The average Bonchev–Trinajstić information content (AvgIpc) is 3.29. The highest BCUT2D eigenvalue weighted by Gasteiger charge is 2.36. The largest absolute Gasteiger partial charge is 0.334 e. The van der Waals surface area contributed by atoms with Crippen molar-refractivity contribution in [2.24, 2.45) is 0 Å². The standard InChI is InChI=1S/C25H18F2N4O2/c1-15-21(24-29-23(30-33-24)16-7-3-2-4-8-16)22(17-9-5-10-18(26)13-17)28-25(32)31(15)20-12-6-11-19(27)14-20/h2-14,22H,1H3,(H,28,32). The summed E-state index contributed by atoms with van der Waals surface area (Å²) in [6.45, 7) is 1.71. The summed E-state index contributed by atoms with van der Waals surface area (Å²) < 4.78 is 33.5. The highest BCUT2D eigenvalue weighted by Crippen LogP contribution is 2.39. The number of amides is 2. The van der Waals surface area contributed by atoms with Gasteiger partial charge in [-0.3, -0.25) is 4.90 Å². The Morgan fingerprint density at radius 2 is 1.67 bits per heavy atom. The number of halogens is 2. The van der Waals surface area contributed by atoms with Gasteiger partial charge in [0.05, 0.1) is 17.3 Å². The number of hydrogen-bond donors (Lipinski definition) is 1. The molecule has 1 aromatic heterocycles. The molecule has 3 aromatic carbocycles. The van der Waals surface area contributed by atoms with E-state index in [2.05, 4.69) is 15.5 Å². The zero-order valence-electron chi connectivity index (χ0n) is 17.5. The predicted molar refractivity (Wildman–Crippen MR) is 119 cm³/mol. The molecule has 1 N–H and O–H groups in total. The third-order valence-electron chi connectivity index (χ3n) is 5.42. The quantitative estimate of drug-likeness (QED) is 0.437. The Kier molecular flexibility index (Phi) is 5.18. The number of carbonyl (C=O) groups is 1. The summed E-state index contributed by atoms with van der Waals surface area (Å²) in [4.78, 5) is 19.0. The summed E-state index contributed by atoms with van der Waals surface area (Å²) in [5.74, 6) is -0.381. The summed E-state index contributed by atoms with van der Waals surface area (Å²) >= 11 is 0. The van der Waals surface area contributed by atoms with Crippen molar-refractivity contribution >= 4 is 17.3 Å². The summed E-state index contributed by atoms with van der Waals surface area (Å²) in [6, 6.07) is 19.7. The summed E-state index contributed by atoms with van der Waals surface area (Å²) in [5.41, 5.74) is 2.55. The van der Waals surface area contributed by atoms with Gasteiger partial charge in [0.1, 0.15) is 11.6 Å². The molecule has 6 nitrogen and oxygen atoms in total. The molecule has 8 heteroatoms.